The predicted molar refractivity (Wildman–Crippen MR) is 93.2 cm³/mol. The van der Waals surface area contributed by atoms with Crippen molar-refractivity contribution in [1.82, 2.24) is 10.6 Å². The largest absolute Gasteiger partial charge is 0.396 e. The van der Waals surface area contributed by atoms with Crippen molar-refractivity contribution in [1.29, 1.82) is 0 Å². The lowest BCUT2D eigenvalue weighted by molar-refractivity contribution is 0.205. The fraction of sp³-hybridized carbons (Fsp3) is 0.632. The summed E-state index contributed by atoms with van der Waals surface area (Å²) in [5.41, 5.74) is 0.897. The number of nitrogens with one attached hydrogen (secondary N) is 2. The van der Waals surface area contributed by atoms with Gasteiger partial charge in [-0.3, -0.25) is 0 Å². The molecule has 0 saturated heterocycles. The van der Waals surface area contributed by atoms with E-state index in [-0.39, 0.29) is 24.2 Å². The molecular formula is C19H30N2O2. The zero-order valence-corrected chi connectivity index (χ0v) is 14.3. The van der Waals surface area contributed by atoms with Gasteiger partial charge >= 0.3 is 6.03 Å². The number of aliphatic hydroxyl groups is 1. The molecular weight excluding hydrogens is 288 g/mol. The monoisotopic (exact) mass is 318 g/mol. The van der Waals surface area contributed by atoms with E-state index in [0.29, 0.717) is 12.3 Å². The van der Waals surface area contributed by atoms with Crippen molar-refractivity contribution in [3.63, 3.8) is 0 Å². The molecule has 2 rings (SSSR count). The second-order valence-corrected chi connectivity index (χ2v) is 7.13. The molecule has 1 aromatic rings. The van der Waals surface area contributed by atoms with Crippen molar-refractivity contribution in [3.05, 3.63) is 35.9 Å². The van der Waals surface area contributed by atoms with Gasteiger partial charge in [0.1, 0.15) is 0 Å². The lowest BCUT2D eigenvalue weighted by Gasteiger charge is -2.33. The SMILES string of the molecule is CC(C)(NC(=O)NC(CCCO)c1ccccc1)C1CCCC1. The van der Waals surface area contributed by atoms with Gasteiger partial charge in [-0.1, -0.05) is 43.2 Å². The Balaban J connectivity index is 1.96. The maximum atomic E-state index is 12.5. The van der Waals surface area contributed by atoms with Crippen molar-refractivity contribution in [3.8, 4) is 0 Å². The molecule has 1 aromatic carbocycles. The third kappa shape index (κ3) is 5.24. The van der Waals surface area contributed by atoms with E-state index in [4.69, 9.17) is 5.11 Å². The maximum absolute atomic E-state index is 12.5. The van der Waals surface area contributed by atoms with Crippen molar-refractivity contribution >= 4 is 6.03 Å². The Morgan fingerprint density at radius 1 is 1.26 bits per heavy atom. The molecule has 4 nitrogen and oxygen atoms in total. The normalized spacial score (nSPS) is 17.0. The average Bonchev–Trinajstić information content (AvgIpc) is 3.07. The van der Waals surface area contributed by atoms with Gasteiger partial charge in [0.2, 0.25) is 0 Å². The number of amides is 2. The Labute approximate surface area is 139 Å². The molecule has 1 aliphatic rings. The Morgan fingerprint density at radius 2 is 1.91 bits per heavy atom. The van der Waals surface area contributed by atoms with Crippen LogP contribution in [0.4, 0.5) is 4.79 Å². The highest BCUT2D eigenvalue weighted by molar-refractivity contribution is 5.75. The Kier molecular flexibility index (Phi) is 6.46. The summed E-state index contributed by atoms with van der Waals surface area (Å²) in [4.78, 5) is 12.5. The highest BCUT2D eigenvalue weighted by Gasteiger charge is 2.33. The molecule has 0 radical (unpaired) electrons. The van der Waals surface area contributed by atoms with Gasteiger partial charge in [0, 0.05) is 12.1 Å². The summed E-state index contributed by atoms with van der Waals surface area (Å²) < 4.78 is 0. The number of hydrogen-bond acceptors (Lipinski definition) is 2. The molecule has 3 N–H and O–H groups in total. The molecule has 1 atom stereocenters. The van der Waals surface area contributed by atoms with Crippen LogP contribution in [-0.4, -0.2) is 23.3 Å². The van der Waals surface area contributed by atoms with Crippen LogP contribution < -0.4 is 10.6 Å². The first-order valence-electron chi connectivity index (χ1n) is 8.77. The Morgan fingerprint density at radius 3 is 2.52 bits per heavy atom. The molecule has 0 aromatic heterocycles. The van der Waals surface area contributed by atoms with E-state index in [2.05, 4.69) is 24.5 Å². The number of carbonyl (C=O) groups is 1. The predicted octanol–water partition coefficient (Wildman–Crippen LogP) is 3.77. The highest BCUT2D eigenvalue weighted by Crippen LogP contribution is 2.33. The molecule has 0 spiro atoms. The number of hydrogen-bond donors (Lipinski definition) is 3. The molecule has 1 saturated carbocycles. The van der Waals surface area contributed by atoms with Gasteiger partial charge in [0.05, 0.1) is 6.04 Å². The van der Waals surface area contributed by atoms with Crippen LogP contribution in [0.3, 0.4) is 0 Å². The first-order valence-corrected chi connectivity index (χ1v) is 8.77. The van der Waals surface area contributed by atoms with E-state index in [1.54, 1.807) is 0 Å². The fourth-order valence-corrected chi connectivity index (χ4v) is 3.54. The Bertz CT molecular complexity index is 481. The van der Waals surface area contributed by atoms with Gasteiger partial charge < -0.3 is 15.7 Å². The fourth-order valence-electron chi connectivity index (χ4n) is 3.54. The molecule has 23 heavy (non-hydrogen) atoms. The molecule has 4 heteroatoms. The van der Waals surface area contributed by atoms with Gasteiger partial charge in [0.15, 0.2) is 0 Å². The zero-order valence-electron chi connectivity index (χ0n) is 14.3. The molecule has 2 amide bonds. The summed E-state index contributed by atoms with van der Waals surface area (Å²) in [6, 6.07) is 9.77. The van der Waals surface area contributed by atoms with Crippen LogP contribution in [0.1, 0.15) is 64.0 Å². The smallest absolute Gasteiger partial charge is 0.315 e. The zero-order chi connectivity index (χ0) is 16.7. The van der Waals surface area contributed by atoms with Gasteiger partial charge in [-0.2, -0.15) is 0 Å². The van der Waals surface area contributed by atoms with Crippen LogP contribution in [0.25, 0.3) is 0 Å². The van der Waals surface area contributed by atoms with Crippen LogP contribution in [-0.2, 0) is 0 Å². The van der Waals surface area contributed by atoms with Crippen LogP contribution in [0.15, 0.2) is 30.3 Å². The average molecular weight is 318 g/mol. The van der Waals surface area contributed by atoms with E-state index >= 15 is 0 Å². The number of urea groups is 1. The minimum absolute atomic E-state index is 0.0669. The number of carbonyl (C=O) groups excluding carboxylic acids is 1. The molecule has 0 bridgehead atoms. The minimum atomic E-state index is -0.182. The number of benzene rings is 1. The van der Waals surface area contributed by atoms with Gasteiger partial charge in [-0.15, -0.1) is 0 Å². The van der Waals surface area contributed by atoms with Crippen LogP contribution in [0.2, 0.25) is 0 Å². The van der Waals surface area contributed by atoms with E-state index in [1.165, 1.54) is 25.7 Å². The van der Waals surface area contributed by atoms with E-state index in [0.717, 1.165) is 12.0 Å². The van der Waals surface area contributed by atoms with Crippen molar-refractivity contribution < 1.29 is 9.90 Å². The Hall–Kier alpha value is -1.55. The summed E-state index contributed by atoms with van der Waals surface area (Å²) in [7, 11) is 0. The lowest BCUT2D eigenvalue weighted by Crippen LogP contribution is -2.52. The van der Waals surface area contributed by atoms with Crippen LogP contribution in [0.5, 0.6) is 0 Å². The third-order valence-electron chi connectivity index (χ3n) is 4.97. The lowest BCUT2D eigenvalue weighted by atomic mass is 9.86. The van der Waals surface area contributed by atoms with Gasteiger partial charge in [-0.05, 0) is 51.0 Å². The van der Waals surface area contributed by atoms with Crippen molar-refractivity contribution in [2.75, 3.05) is 6.61 Å². The van der Waals surface area contributed by atoms with E-state index in [9.17, 15) is 4.79 Å². The second-order valence-electron chi connectivity index (χ2n) is 7.13. The quantitative estimate of drug-likeness (QED) is 0.716. The molecule has 0 aliphatic heterocycles. The first kappa shape index (κ1) is 17.8. The van der Waals surface area contributed by atoms with Crippen LogP contribution in [0, 0.1) is 5.92 Å². The highest BCUT2D eigenvalue weighted by atomic mass is 16.3. The summed E-state index contributed by atoms with van der Waals surface area (Å²) in [5, 5.41) is 15.3. The topological polar surface area (TPSA) is 61.4 Å². The first-order chi connectivity index (χ1) is 11.0. The van der Waals surface area contributed by atoms with Gasteiger partial charge in [-0.25, -0.2) is 4.79 Å². The third-order valence-corrected chi connectivity index (χ3v) is 4.97. The standard InChI is InChI=1S/C19H30N2O2/c1-19(2,16-11-6-7-12-16)21-18(23)20-17(13-8-14-22)15-9-4-3-5-10-15/h3-5,9-10,16-17,22H,6-8,11-14H2,1-2H3,(H2,20,21,23). The van der Waals surface area contributed by atoms with E-state index in [1.807, 2.05) is 30.3 Å². The summed E-state index contributed by atoms with van der Waals surface area (Å²) in [6.45, 7) is 4.38. The summed E-state index contributed by atoms with van der Waals surface area (Å²) >= 11 is 0. The van der Waals surface area contributed by atoms with Crippen molar-refractivity contribution in [2.24, 2.45) is 5.92 Å². The maximum Gasteiger partial charge on any atom is 0.315 e. The number of aliphatic hydroxyl groups excluding tert-OH is 1. The molecule has 1 fully saturated rings. The number of rotatable bonds is 7. The molecule has 1 unspecified atom stereocenters. The summed E-state index contributed by atoms with van der Waals surface area (Å²) in [5.74, 6) is 0.556. The molecule has 1 aliphatic carbocycles. The summed E-state index contributed by atoms with van der Waals surface area (Å²) in [6.07, 6.45) is 6.32. The molecule has 0 heterocycles. The molecule has 128 valence electrons. The van der Waals surface area contributed by atoms with E-state index < -0.39 is 0 Å². The van der Waals surface area contributed by atoms with Gasteiger partial charge in [0.25, 0.3) is 0 Å². The minimum Gasteiger partial charge on any atom is -0.396 e. The van der Waals surface area contributed by atoms with Crippen LogP contribution >= 0.6 is 0 Å². The second kappa shape index (κ2) is 8.34. The van der Waals surface area contributed by atoms with Crippen molar-refractivity contribution in [2.45, 2.75) is 64.0 Å².